The highest BCUT2D eigenvalue weighted by Gasteiger charge is 2.11. The van der Waals surface area contributed by atoms with Crippen molar-refractivity contribution in [2.75, 3.05) is 0 Å². The van der Waals surface area contributed by atoms with Crippen molar-refractivity contribution in [2.24, 2.45) is 0 Å². The van der Waals surface area contributed by atoms with Crippen molar-refractivity contribution in [3.8, 4) is 0 Å². The van der Waals surface area contributed by atoms with Crippen molar-refractivity contribution in [3.05, 3.63) is 69.5 Å². The molecular formula is C16H16ClFO. The third-order valence-electron chi connectivity index (χ3n) is 3.28. The predicted molar refractivity (Wildman–Crippen MR) is 76.0 cm³/mol. The Morgan fingerprint density at radius 1 is 1.11 bits per heavy atom. The van der Waals surface area contributed by atoms with Gasteiger partial charge in [-0.1, -0.05) is 29.8 Å². The molecule has 3 heteroatoms. The molecule has 0 radical (unpaired) electrons. The summed E-state index contributed by atoms with van der Waals surface area (Å²) in [6, 6.07) is 10.1. The molecule has 0 aliphatic heterocycles. The zero-order chi connectivity index (χ0) is 14.0. The topological polar surface area (TPSA) is 20.2 Å². The van der Waals surface area contributed by atoms with Gasteiger partial charge in [0.05, 0.1) is 6.10 Å². The third-order valence-corrected chi connectivity index (χ3v) is 3.71. The second kappa shape index (κ2) is 5.72. The summed E-state index contributed by atoms with van der Waals surface area (Å²) in [4.78, 5) is 0. The maximum atomic E-state index is 13.0. The highest BCUT2D eigenvalue weighted by Crippen LogP contribution is 2.24. The van der Waals surface area contributed by atoms with Crippen molar-refractivity contribution in [2.45, 2.75) is 26.4 Å². The molecule has 19 heavy (non-hydrogen) atoms. The third kappa shape index (κ3) is 3.34. The van der Waals surface area contributed by atoms with E-state index in [-0.39, 0.29) is 5.82 Å². The van der Waals surface area contributed by atoms with Gasteiger partial charge in [-0.25, -0.2) is 4.39 Å². The maximum Gasteiger partial charge on any atom is 0.123 e. The van der Waals surface area contributed by atoms with E-state index < -0.39 is 6.10 Å². The monoisotopic (exact) mass is 278 g/mol. The fraction of sp³-hybridized carbons (Fsp3) is 0.250. The number of halogens is 2. The molecule has 0 aromatic heterocycles. The van der Waals surface area contributed by atoms with Crippen LogP contribution in [0.25, 0.3) is 0 Å². The molecular weight excluding hydrogens is 263 g/mol. The quantitative estimate of drug-likeness (QED) is 0.884. The van der Waals surface area contributed by atoms with E-state index in [4.69, 9.17) is 11.6 Å². The summed E-state index contributed by atoms with van der Waals surface area (Å²) in [5.74, 6) is -0.252. The molecule has 0 heterocycles. The number of aryl methyl sites for hydroxylation is 2. The lowest BCUT2D eigenvalue weighted by atomic mass is 9.97. The number of aliphatic hydroxyl groups is 1. The van der Waals surface area contributed by atoms with Gasteiger partial charge in [0.2, 0.25) is 0 Å². The highest BCUT2D eigenvalue weighted by molar-refractivity contribution is 6.31. The van der Waals surface area contributed by atoms with Gasteiger partial charge in [-0.05, 0) is 54.3 Å². The van der Waals surface area contributed by atoms with Gasteiger partial charge in [0, 0.05) is 11.4 Å². The summed E-state index contributed by atoms with van der Waals surface area (Å²) >= 11 is 5.96. The van der Waals surface area contributed by atoms with Gasteiger partial charge in [-0.2, -0.15) is 0 Å². The normalized spacial score (nSPS) is 12.5. The van der Waals surface area contributed by atoms with Crippen molar-refractivity contribution in [1.82, 2.24) is 0 Å². The molecule has 0 bridgehead atoms. The molecule has 2 rings (SSSR count). The Bertz CT molecular complexity index is 595. The minimum absolute atomic E-state index is 0.252. The van der Waals surface area contributed by atoms with Gasteiger partial charge in [-0.3, -0.25) is 0 Å². The Labute approximate surface area is 117 Å². The van der Waals surface area contributed by atoms with Crippen molar-refractivity contribution >= 4 is 11.6 Å². The van der Waals surface area contributed by atoms with Gasteiger partial charge < -0.3 is 5.11 Å². The first-order chi connectivity index (χ1) is 8.97. The molecule has 0 amide bonds. The van der Waals surface area contributed by atoms with E-state index in [2.05, 4.69) is 0 Å². The molecule has 1 nitrogen and oxygen atoms in total. The zero-order valence-electron chi connectivity index (χ0n) is 11.0. The lowest BCUT2D eigenvalue weighted by Gasteiger charge is -2.14. The molecule has 2 aromatic carbocycles. The van der Waals surface area contributed by atoms with Crippen LogP contribution >= 0.6 is 11.6 Å². The molecule has 0 aliphatic rings. The lowest BCUT2D eigenvalue weighted by Crippen LogP contribution is -2.04. The van der Waals surface area contributed by atoms with Crippen LogP contribution in [0.1, 0.15) is 28.4 Å². The maximum absolute atomic E-state index is 13.0. The van der Waals surface area contributed by atoms with Crippen molar-refractivity contribution in [1.29, 1.82) is 0 Å². The first-order valence-corrected chi connectivity index (χ1v) is 6.54. The standard InChI is InChI=1S/C16H16ClFO/c1-10-8-14(18)5-3-12(10)9-16(19)13-4-6-15(17)11(2)7-13/h3-8,16,19H,9H2,1-2H3. The molecule has 0 aliphatic carbocycles. The fourth-order valence-corrected chi connectivity index (χ4v) is 2.21. The van der Waals surface area contributed by atoms with Crippen molar-refractivity contribution in [3.63, 3.8) is 0 Å². The fourth-order valence-electron chi connectivity index (χ4n) is 2.09. The number of benzene rings is 2. The van der Waals surface area contributed by atoms with Gasteiger partial charge >= 0.3 is 0 Å². The summed E-state index contributed by atoms with van der Waals surface area (Å²) in [6.45, 7) is 3.75. The molecule has 1 N–H and O–H groups in total. The number of aliphatic hydroxyl groups excluding tert-OH is 1. The average Bonchev–Trinajstić information content (AvgIpc) is 2.36. The number of rotatable bonds is 3. The summed E-state index contributed by atoms with van der Waals surface area (Å²) in [5, 5.41) is 10.9. The summed E-state index contributed by atoms with van der Waals surface area (Å²) in [5.41, 5.74) is 3.56. The van der Waals surface area contributed by atoms with E-state index in [0.29, 0.717) is 11.4 Å². The molecule has 0 saturated heterocycles. The van der Waals surface area contributed by atoms with Crippen LogP contribution in [-0.2, 0) is 6.42 Å². The first-order valence-electron chi connectivity index (χ1n) is 6.16. The van der Waals surface area contributed by atoms with Gasteiger partial charge in [-0.15, -0.1) is 0 Å². The second-order valence-electron chi connectivity index (χ2n) is 4.80. The predicted octanol–water partition coefficient (Wildman–Crippen LogP) is 4.37. The van der Waals surface area contributed by atoms with Gasteiger partial charge in [0.15, 0.2) is 0 Å². The van der Waals surface area contributed by atoms with Crippen LogP contribution in [0.5, 0.6) is 0 Å². The van der Waals surface area contributed by atoms with Crippen LogP contribution in [0, 0.1) is 19.7 Å². The molecule has 1 atom stereocenters. The Balaban J connectivity index is 2.20. The highest BCUT2D eigenvalue weighted by atomic mass is 35.5. The SMILES string of the molecule is Cc1cc(C(O)Cc2ccc(F)cc2C)ccc1Cl. The van der Waals surface area contributed by atoms with E-state index in [1.54, 1.807) is 12.1 Å². The number of hydrogen-bond acceptors (Lipinski definition) is 1. The first kappa shape index (κ1) is 14.0. The Morgan fingerprint density at radius 3 is 2.47 bits per heavy atom. The molecule has 0 saturated carbocycles. The minimum atomic E-state index is -0.611. The van der Waals surface area contributed by atoms with Crippen LogP contribution < -0.4 is 0 Å². The van der Waals surface area contributed by atoms with E-state index in [9.17, 15) is 9.50 Å². The van der Waals surface area contributed by atoms with Crippen LogP contribution in [0.15, 0.2) is 36.4 Å². The second-order valence-corrected chi connectivity index (χ2v) is 5.21. The smallest absolute Gasteiger partial charge is 0.123 e. The molecule has 0 fully saturated rings. The van der Waals surface area contributed by atoms with Crippen LogP contribution in [0.3, 0.4) is 0 Å². The summed E-state index contributed by atoms with van der Waals surface area (Å²) in [7, 11) is 0. The van der Waals surface area contributed by atoms with E-state index in [1.165, 1.54) is 12.1 Å². The Morgan fingerprint density at radius 2 is 1.84 bits per heavy atom. The van der Waals surface area contributed by atoms with Gasteiger partial charge in [0.1, 0.15) is 5.82 Å². The largest absolute Gasteiger partial charge is 0.388 e. The average molecular weight is 279 g/mol. The molecule has 0 spiro atoms. The lowest BCUT2D eigenvalue weighted by molar-refractivity contribution is 0.178. The summed E-state index contributed by atoms with van der Waals surface area (Å²) in [6.07, 6.45) is -0.146. The molecule has 1 unspecified atom stereocenters. The molecule has 100 valence electrons. The Kier molecular flexibility index (Phi) is 4.23. The summed E-state index contributed by atoms with van der Waals surface area (Å²) < 4.78 is 13.0. The van der Waals surface area contributed by atoms with Crippen LogP contribution in [0.4, 0.5) is 4.39 Å². The van der Waals surface area contributed by atoms with E-state index in [1.807, 2.05) is 26.0 Å². The van der Waals surface area contributed by atoms with Crippen molar-refractivity contribution < 1.29 is 9.50 Å². The van der Waals surface area contributed by atoms with Gasteiger partial charge in [0.25, 0.3) is 0 Å². The van der Waals surface area contributed by atoms with E-state index >= 15 is 0 Å². The number of hydrogen-bond donors (Lipinski definition) is 1. The zero-order valence-corrected chi connectivity index (χ0v) is 11.7. The van der Waals surface area contributed by atoms with E-state index in [0.717, 1.165) is 22.3 Å². The minimum Gasteiger partial charge on any atom is -0.388 e. The molecule has 2 aromatic rings. The van der Waals surface area contributed by atoms with Crippen LogP contribution in [0.2, 0.25) is 5.02 Å². The van der Waals surface area contributed by atoms with Crippen LogP contribution in [-0.4, -0.2) is 5.11 Å². The Hall–Kier alpha value is -1.38.